The standard InChI is InChI=1S/C26H31N3O7/c1-28(2)20-15-10-13-9-14-12(11-29-7-3-4-8-29)5-6-16(30)18(14)21(31)17(13)23(33)26(15,36)24(34)19(22(20)32)25(27)35/h5-6,13,15,20,30,32-33,36H,3-4,7-11H2,1-2H3,(H2,27,35)/t13-,15-,20?,26-/m0/s1. The number of carbonyl (C=O) groups is 3. The molecule has 192 valence electrons. The Labute approximate surface area is 208 Å². The lowest BCUT2D eigenvalue weighted by atomic mass is 9.58. The van der Waals surface area contributed by atoms with Crippen molar-refractivity contribution in [2.75, 3.05) is 27.2 Å². The van der Waals surface area contributed by atoms with Gasteiger partial charge in [0.2, 0.25) is 5.78 Å². The molecule has 1 fully saturated rings. The van der Waals surface area contributed by atoms with Crippen LogP contribution in [0.3, 0.4) is 0 Å². The molecule has 1 unspecified atom stereocenters. The first-order valence-corrected chi connectivity index (χ1v) is 12.2. The third kappa shape index (κ3) is 3.31. The lowest BCUT2D eigenvalue weighted by Gasteiger charge is -2.50. The summed E-state index contributed by atoms with van der Waals surface area (Å²) in [6, 6.07) is 2.28. The van der Waals surface area contributed by atoms with E-state index in [0.29, 0.717) is 18.5 Å². The number of fused-ring (bicyclic) bond motifs is 3. The number of primary amides is 1. The van der Waals surface area contributed by atoms with E-state index >= 15 is 0 Å². The molecule has 0 saturated carbocycles. The highest BCUT2D eigenvalue weighted by atomic mass is 16.3. The number of hydrogen-bond donors (Lipinski definition) is 5. The van der Waals surface area contributed by atoms with Crippen molar-refractivity contribution in [3.8, 4) is 5.75 Å². The summed E-state index contributed by atoms with van der Waals surface area (Å²) in [5.41, 5.74) is 3.47. The van der Waals surface area contributed by atoms with Crippen LogP contribution in [-0.4, -0.2) is 86.5 Å². The number of likely N-dealkylation sites (tertiary alicyclic amines) is 1. The number of phenols is 1. The molecule has 4 aliphatic rings. The number of benzene rings is 1. The number of aromatic hydroxyl groups is 1. The van der Waals surface area contributed by atoms with Crippen molar-refractivity contribution < 1.29 is 34.8 Å². The van der Waals surface area contributed by atoms with E-state index in [1.54, 1.807) is 19.0 Å². The zero-order valence-corrected chi connectivity index (χ0v) is 20.3. The molecule has 36 heavy (non-hydrogen) atoms. The van der Waals surface area contributed by atoms with Gasteiger partial charge in [-0.25, -0.2) is 0 Å². The zero-order valence-electron chi connectivity index (χ0n) is 20.3. The third-order valence-corrected chi connectivity index (χ3v) is 8.30. The molecule has 10 heteroatoms. The van der Waals surface area contributed by atoms with Crippen LogP contribution < -0.4 is 5.73 Å². The number of hydrogen-bond acceptors (Lipinski definition) is 9. The van der Waals surface area contributed by atoms with Crippen LogP contribution in [0.2, 0.25) is 0 Å². The molecule has 1 aromatic carbocycles. The number of aliphatic hydroxyl groups is 3. The van der Waals surface area contributed by atoms with Crippen molar-refractivity contribution in [3.05, 3.63) is 51.5 Å². The highest BCUT2D eigenvalue weighted by Crippen LogP contribution is 2.52. The predicted octanol–water partition coefficient (Wildman–Crippen LogP) is 0.716. The number of phenolic OH excluding ortho intramolecular Hbond substituents is 1. The normalized spacial score (nSPS) is 30.5. The quantitative estimate of drug-likeness (QED) is 0.377. The van der Waals surface area contributed by atoms with Crippen molar-refractivity contribution in [1.82, 2.24) is 9.80 Å². The maximum atomic E-state index is 13.7. The van der Waals surface area contributed by atoms with Gasteiger partial charge in [0.05, 0.1) is 11.6 Å². The molecule has 0 aromatic heterocycles. The number of ketones is 2. The van der Waals surface area contributed by atoms with Crippen LogP contribution in [-0.2, 0) is 22.6 Å². The van der Waals surface area contributed by atoms with E-state index in [4.69, 9.17) is 5.73 Å². The zero-order chi connectivity index (χ0) is 26.1. The number of aliphatic hydroxyl groups excluding tert-OH is 2. The second-order valence-corrected chi connectivity index (χ2v) is 10.5. The van der Waals surface area contributed by atoms with Crippen LogP contribution in [0.1, 0.15) is 40.7 Å². The lowest BCUT2D eigenvalue weighted by molar-refractivity contribution is -0.148. The molecular formula is C26H31N3O7. The number of Topliss-reactive ketones (excluding diaryl/α,β-unsaturated/α-hetero) is 2. The monoisotopic (exact) mass is 497 g/mol. The van der Waals surface area contributed by atoms with Gasteiger partial charge in [-0.2, -0.15) is 0 Å². The minimum absolute atomic E-state index is 0.0625. The Morgan fingerprint density at radius 1 is 1.17 bits per heavy atom. The highest BCUT2D eigenvalue weighted by Gasteiger charge is 2.63. The minimum atomic E-state index is -2.62. The first-order valence-electron chi connectivity index (χ1n) is 12.2. The Kier molecular flexibility index (Phi) is 5.73. The molecule has 1 heterocycles. The molecule has 5 rings (SSSR count). The number of allylic oxidation sites excluding steroid dienone is 1. The Bertz CT molecular complexity index is 1240. The molecule has 10 nitrogen and oxygen atoms in total. The van der Waals surface area contributed by atoms with E-state index in [9.17, 15) is 34.8 Å². The van der Waals surface area contributed by atoms with Crippen LogP contribution in [0.5, 0.6) is 5.75 Å². The van der Waals surface area contributed by atoms with E-state index in [-0.39, 0.29) is 23.3 Å². The van der Waals surface area contributed by atoms with Gasteiger partial charge in [0.1, 0.15) is 22.8 Å². The second-order valence-electron chi connectivity index (χ2n) is 10.5. The van der Waals surface area contributed by atoms with Crippen molar-refractivity contribution >= 4 is 17.5 Å². The Hall–Kier alpha value is -3.21. The van der Waals surface area contributed by atoms with Crippen molar-refractivity contribution in [2.24, 2.45) is 17.6 Å². The number of carbonyl (C=O) groups excluding carboxylic acids is 3. The average Bonchev–Trinajstić information content (AvgIpc) is 3.31. The largest absolute Gasteiger partial charge is 0.510 e. The summed E-state index contributed by atoms with van der Waals surface area (Å²) in [6.07, 6.45) is 2.61. The minimum Gasteiger partial charge on any atom is -0.510 e. The Balaban J connectivity index is 1.66. The fourth-order valence-corrected chi connectivity index (χ4v) is 6.64. The third-order valence-electron chi connectivity index (χ3n) is 8.30. The van der Waals surface area contributed by atoms with E-state index in [1.165, 1.54) is 6.07 Å². The van der Waals surface area contributed by atoms with E-state index in [1.807, 2.05) is 6.07 Å². The average molecular weight is 498 g/mol. The molecule has 1 aromatic rings. The molecule has 4 atom stereocenters. The molecule has 3 aliphatic carbocycles. The fourth-order valence-electron chi connectivity index (χ4n) is 6.64. The van der Waals surface area contributed by atoms with Gasteiger partial charge in [-0.1, -0.05) is 6.07 Å². The fraction of sp³-hybridized carbons (Fsp3) is 0.500. The van der Waals surface area contributed by atoms with Gasteiger partial charge in [-0.05, 0) is 76.0 Å². The maximum Gasteiger partial charge on any atom is 0.255 e. The van der Waals surface area contributed by atoms with Gasteiger partial charge in [-0.15, -0.1) is 0 Å². The molecule has 6 N–H and O–H groups in total. The van der Waals surface area contributed by atoms with Gasteiger partial charge in [0.25, 0.3) is 5.91 Å². The SMILES string of the molecule is CN(C)C1C(O)=C(C(N)=O)C(=O)[C@@]2(O)C(O)=C3C(=O)c4c(O)ccc(CN5CCCC5)c4C[C@H]3C[C@@H]12. The maximum absolute atomic E-state index is 13.7. The van der Waals surface area contributed by atoms with Gasteiger partial charge < -0.3 is 26.2 Å². The van der Waals surface area contributed by atoms with Gasteiger partial charge in [0.15, 0.2) is 11.4 Å². The van der Waals surface area contributed by atoms with Gasteiger partial charge in [-0.3, -0.25) is 24.2 Å². The topological polar surface area (TPSA) is 165 Å². The van der Waals surface area contributed by atoms with Crippen LogP contribution in [0.4, 0.5) is 0 Å². The summed E-state index contributed by atoms with van der Waals surface area (Å²) in [5, 5.41) is 44.4. The van der Waals surface area contributed by atoms with Gasteiger partial charge in [0, 0.05) is 18.0 Å². The predicted molar refractivity (Wildman–Crippen MR) is 128 cm³/mol. The summed E-state index contributed by atoms with van der Waals surface area (Å²) >= 11 is 0. The first-order chi connectivity index (χ1) is 17.0. The summed E-state index contributed by atoms with van der Waals surface area (Å²) in [5.74, 6) is -6.35. The molecular weight excluding hydrogens is 466 g/mol. The first kappa shape index (κ1) is 24.5. The Morgan fingerprint density at radius 2 is 1.83 bits per heavy atom. The van der Waals surface area contributed by atoms with Crippen molar-refractivity contribution in [3.63, 3.8) is 0 Å². The Morgan fingerprint density at radius 3 is 2.44 bits per heavy atom. The lowest BCUT2D eigenvalue weighted by Crippen LogP contribution is -2.63. The summed E-state index contributed by atoms with van der Waals surface area (Å²) < 4.78 is 0. The van der Waals surface area contributed by atoms with Gasteiger partial charge >= 0.3 is 0 Å². The second kappa shape index (κ2) is 8.43. The molecule has 0 spiro atoms. The van der Waals surface area contributed by atoms with Crippen LogP contribution in [0, 0.1) is 11.8 Å². The summed E-state index contributed by atoms with van der Waals surface area (Å²) in [4.78, 5) is 42.9. The van der Waals surface area contributed by atoms with E-state index in [0.717, 1.165) is 31.5 Å². The highest BCUT2D eigenvalue weighted by molar-refractivity contribution is 6.24. The number of nitrogens with zero attached hydrogens (tertiary/aromatic N) is 2. The molecule has 1 saturated heterocycles. The molecule has 0 radical (unpaired) electrons. The van der Waals surface area contributed by atoms with Crippen LogP contribution >= 0.6 is 0 Å². The molecule has 0 bridgehead atoms. The number of rotatable bonds is 4. The number of nitrogens with two attached hydrogens (primary N) is 1. The van der Waals surface area contributed by atoms with Crippen LogP contribution in [0.15, 0.2) is 34.8 Å². The summed E-state index contributed by atoms with van der Waals surface area (Å²) in [7, 11) is 3.22. The van der Waals surface area contributed by atoms with E-state index in [2.05, 4.69) is 4.90 Å². The molecule has 1 aliphatic heterocycles. The smallest absolute Gasteiger partial charge is 0.255 e. The van der Waals surface area contributed by atoms with Crippen LogP contribution in [0.25, 0.3) is 0 Å². The number of amides is 1. The van der Waals surface area contributed by atoms with Crippen molar-refractivity contribution in [1.29, 1.82) is 0 Å². The number of likely N-dealkylation sites (N-methyl/N-ethyl adjacent to an activating group) is 1. The summed E-state index contributed by atoms with van der Waals surface area (Å²) in [6.45, 7) is 2.54. The van der Waals surface area contributed by atoms with Crippen molar-refractivity contribution in [2.45, 2.75) is 43.9 Å². The molecule has 1 amide bonds. The van der Waals surface area contributed by atoms with E-state index < -0.39 is 58.0 Å².